The van der Waals surface area contributed by atoms with E-state index in [4.69, 9.17) is 16.3 Å². The molecule has 10 nitrogen and oxygen atoms in total. The number of nitrogens with one attached hydrogen (secondary N) is 1. The van der Waals surface area contributed by atoms with Crippen LogP contribution >= 0.6 is 11.6 Å². The molecule has 0 aliphatic carbocycles. The maximum Gasteiger partial charge on any atom is 0.574 e. The van der Waals surface area contributed by atoms with Crippen LogP contribution in [0.25, 0.3) is 16.7 Å². The number of alkyl halides is 3. The summed E-state index contributed by atoms with van der Waals surface area (Å²) < 4.78 is 51.4. The van der Waals surface area contributed by atoms with Crippen LogP contribution < -0.4 is 14.8 Å². The van der Waals surface area contributed by atoms with Crippen molar-refractivity contribution in [3.8, 4) is 17.4 Å². The molecule has 1 N–H and O–H groups in total. The molecule has 1 aliphatic heterocycles. The van der Waals surface area contributed by atoms with E-state index in [9.17, 15) is 13.2 Å². The van der Waals surface area contributed by atoms with Gasteiger partial charge in [-0.05, 0) is 19.1 Å². The van der Waals surface area contributed by atoms with Crippen molar-refractivity contribution >= 4 is 34.3 Å². The van der Waals surface area contributed by atoms with Gasteiger partial charge in [-0.25, -0.2) is 19.3 Å². The zero-order valence-corrected chi connectivity index (χ0v) is 17.1. The molecule has 0 spiro atoms. The number of fused-ring (bicyclic) bond motifs is 2. The van der Waals surface area contributed by atoms with Crippen molar-refractivity contribution in [1.29, 1.82) is 0 Å². The van der Waals surface area contributed by atoms with Gasteiger partial charge in [0.15, 0.2) is 10.8 Å². The molecule has 0 unspecified atom stereocenters. The highest BCUT2D eigenvalue weighted by atomic mass is 35.5. The van der Waals surface area contributed by atoms with E-state index in [1.54, 1.807) is 17.8 Å². The molecule has 5 heterocycles. The molecule has 5 rings (SSSR count). The molecule has 0 aromatic carbocycles. The van der Waals surface area contributed by atoms with Gasteiger partial charge >= 0.3 is 6.36 Å². The van der Waals surface area contributed by atoms with Gasteiger partial charge in [0.05, 0.1) is 17.7 Å². The summed E-state index contributed by atoms with van der Waals surface area (Å²) in [6.07, 6.45) is -1.60. The van der Waals surface area contributed by atoms with Gasteiger partial charge in [0, 0.05) is 25.4 Å². The Labute approximate surface area is 182 Å². The Morgan fingerprint density at radius 2 is 2.09 bits per heavy atom. The predicted octanol–water partition coefficient (Wildman–Crippen LogP) is 3.79. The number of anilines is 2. The number of ether oxygens (including phenoxy) is 2. The third-order valence-corrected chi connectivity index (χ3v) is 4.99. The number of pyridine rings is 1. The summed E-state index contributed by atoms with van der Waals surface area (Å²) in [5, 5.41) is 12.6. The molecule has 0 fully saturated rings. The second kappa shape index (κ2) is 7.51. The molecule has 32 heavy (non-hydrogen) atoms. The Morgan fingerprint density at radius 3 is 2.91 bits per heavy atom. The first-order valence-corrected chi connectivity index (χ1v) is 9.77. The van der Waals surface area contributed by atoms with Crippen LogP contribution in [0.15, 0.2) is 24.5 Å². The van der Waals surface area contributed by atoms with E-state index in [0.29, 0.717) is 40.5 Å². The average molecular weight is 467 g/mol. The molecule has 1 aliphatic rings. The molecule has 14 heteroatoms. The van der Waals surface area contributed by atoms with Crippen LogP contribution in [0.1, 0.15) is 12.1 Å². The molecule has 0 atom stereocenters. The van der Waals surface area contributed by atoms with Crippen LogP contribution in [0, 0.1) is 6.92 Å². The van der Waals surface area contributed by atoms with Crippen molar-refractivity contribution in [2.24, 2.45) is 0 Å². The van der Waals surface area contributed by atoms with Gasteiger partial charge in [-0.3, -0.25) is 0 Å². The fraction of sp³-hybridized carbons (Fsp3) is 0.278. The largest absolute Gasteiger partial charge is 0.574 e. The van der Waals surface area contributed by atoms with Gasteiger partial charge in [0.25, 0.3) is 5.88 Å². The van der Waals surface area contributed by atoms with E-state index in [1.807, 2.05) is 0 Å². The highest BCUT2D eigenvalue weighted by molar-refractivity contribution is 6.34. The van der Waals surface area contributed by atoms with Crippen LogP contribution in [0.4, 0.5) is 24.8 Å². The van der Waals surface area contributed by atoms with E-state index >= 15 is 0 Å². The Bertz CT molecular complexity index is 1320. The normalized spacial score (nSPS) is 13.9. The van der Waals surface area contributed by atoms with Gasteiger partial charge in [0.1, 0.15) is 11.4 Å². The number of hydrogen-bond donors (Lipinski definition) is 1. The number of aryl methyl sites for hydroxylation is 1. The summed E-state index contributed by atoms with van der Waals surface area (Å²) in [6, 6.07) is 2.89. The van der Waals surface area contributed by atoms with E-state index < -0.39 is 12.2 Å². The number of nitrogens with zero attached hydrogens (tertiary/aromatic N) is 7. The van der Waals surface area contributed by atoms with Crippen LogP contribution in [0.2, 0.25) is 5.15 Å². The lowest BCUT2D eigenvalue weighted by atomic mass is 10.3. The van der Waals surface area contributed by atoms with Gasteiger partial charge in [-0.1, -0.05) is 11.6 Å². The third-order valence-electron chi connectivity index (χ3n) is 4.71. The molecule has 0 radical (unpaired) electrons. The van der Waals surface area contributed by atoms with Crippen molar-refractivity contribution in [3.05, 3.63) is 35.4 Å². The molecule has 4 aromatic rings. The summed E-state index contributed by atoms with van der Waals surface area (Å²) in [6.45, 7) is 2.42. The summed E-state index contributed by atoms with van der Waals surface area (Å²) in [5.41, 5.74) is 1.38. The lowest BCUT2D eigenvalue weighted by molar-refractivity contribution is -0.276. The summed E-state index contributed by atoms with van der Waals surface area (Å²) in [4.78, 5) is 12.4. The maximum atomic E-state index is 12.8. The van der Waals surface area contributed by atoms with Crippen LogP contribution in [-0.2, 0) is 6.54 Å². The Kier molecular flexibility index (Phi) is 4.77. The molecular formula is C18H14ClF3N8O2. The van der Waals surface area contributed by atoms with Crippen molar-refractivity contribution in [1.82, 2.24) is 34.5 Å². The first kappa shape index (κ1) is 20.3. The first-order valence-electron chi connectivity index (χ1n) is 9.40. The average Bonchev–Trinajstić information content (AvgIpc) is 3.21. The van der Waals surface area contributed by atoms with E-state index in [-0.39, 0.29) is 24.1 Å². The molecule has 0 saturated heterocycles. The molecular weight excluding hydrogens is 453 g/mol. The first-order chi connectivity index (χ1) is 15.3. The fourth-order valence-corrected chi connectivity index (χ4v) is 3.55. The van der Waals surface area contributed by atoms with Crippen molar-refractivity contribution < 1.29 is 22.6 Å². The lowest BCUT2D eigenvalue weighted by Gasteiger charge is -2.12. The molecule has 0 amide bonds. The van der Waals surface area contributed by atoms with E-state index in [1.165, 1.54) is 23.0 Å². The smallest absolute Gasteiger partial charge is 0.475 e. The van der Waals surface area contributed by atoms with Gasteiger partial charge < -0.3 is 14.8 Å². The van der Waals surface area contributed by atoms with Crippen molar-refractivity contribution in [2.45, 2.75) is 26.3 Å². The molecule has 2 bridgehead atoms. The second-order valence-corrected chi connectivity index (χ2v) is 7.18. The van der Waals surface area contributed by atoms with Crippen molar-refractivity contribution in [3.63, 3.8) is 0 Å². The fourth-order valence-electron chi connectivity index (χ4n) is 3.32. The molecule has 166 valence electrons. The number of hydrogen-bond acceptors (Lipinski definition) is 8. The Balaban J connectivity index is 1.61. The van der Waals surface area contributed by atoms with Crippen LogP contribution in [0.5, 0.6) is 11.8 Å². The minimum absolute atomic E-state index is 0.00597. The highest BCUT2D eigenvalue weighted by Crippen LogP contribution is 2.35. The van der Waals surface area contributed by atoms with Gasteiger partial charge in [-0.15, -0.1) is 18.3 Å². The zero-order chi connectivity index (χ0) is 22.5. The highest BCUT2D eigenvalue weighted by Gasteiger charge is 2.34. The molecule has 0 saturated carbocycles. The number of aromatic nitrogens is 7. The second-order valence-electron chi connectivity index (χ2n) is 6.82. The van der Waals surface area contributed by atoms with Crippen molar-refractivity contribution in [2.75, 3.05) is 11.9 Å². The minimum Gasteiger partial charge on any atom is -0.475 e. The van der Waals surface area contributed by atoms with Crippen LogP contribution in [0.3, 0.4) is 0 Å². The maximum absolute atomic E-state index is 12.8. The quantitative estimate of drug-likeness (QED) is 0.475. The minimum atomic E-state index is -4.91. The predicted molar refractivity (Wildman–Crippen MR) is 107 cm³/mol. The standard InChI is InChI=1S/C18H14ClF3N8O2/c1-9-12-16(28-30(9)11-4-2-5-23-15(11)32-18(20,21)22)31-7-3-6-29-14-10(13(19)27-29)8-24-17(25-12)26-14/h2,4-5,8H,3,6-7H2,1H3,(H,24,25,26). The monoisotopic (exact) mass is 466 g/mol. The topological polar surface area (TPSA) is 105 Å². The lowest BCUT2D eigenvalue weighted by Crippen LogP contribution is -2.19. The SMILES string of the molecule is Cc1c2c(nn1-c1cccnc1OC(F)(F)F)OCCCn1nc(Cl)c3cnc(nc31)N2. The van der Waals surface area contributed by atoms with E-state index in [0.717, 1.165) is 0 Å². The Morgan fingerprint density at radius 1 is 1.25 bits per heavy atom. The van der Waals surface area contributed by atoms with Gasteiger partial charge in [0.2, 0.25) is 11.8 Å². The summed E-state index contributed by atoms with van der Waals surface area (Å²) >= 11 is 6.16. The summed E-state index contributed by atoms with van der Waals surface area (Å²) in [7, 11) is 0. The Hall–Kier alpha value is -3.61. The summed E-state index contributed by atoms with van der Waals surface area (Å²) in [5.74, 6) is -0.241. The number of rotatable bonds is 2. The number of halogens is 4. The molecule has 4 aromatic heterocycles. The zero-order valence-electron chi connectivity index (χ0n) is 16.4. The van der Waals surface area contributed by atoms with E-state index in [2.05, 4.69) is 35.2 Å². The van der Waals surface area contributed by atoms with Gasteiger partial charge in [-0.2, -0.15) is 10.1 Å². The van der Waals surface area contributed by atoms with Crippen LogP contribution in [-0.4, -0.2) is 47.5 Å². The third kappa shape index (κ3) is 3.64.